The van der Waals surface area contributed by atoms with Gasteiger partial charge < -0.3 is 10.6 Å². The van der Waals surface area contributed by atoms with Crippen LogP contribution in [0.1, 0.15) is 27.7 Å². The Morgan fingerprint density at radius 3 is 2.74 bits per heavy atom. The third kappa shape index (κ3) is 3.43. The molecule has 1 heterocycles. The molecule has 1 aromatic heterocycles. The number of hydrogen-bond donors (Lipinski definition) is 2. The van der Waals surface area contributed by atoms with Crippen LogP contribution in [-0.2, 0) is 6.54 Å². The number of benzene rings is 1. The molecule has 0 saturated heterocycles. The van der Waals surface area contributed by atoms with E-state index in [1.54, 1.807) is 0 Å². The molecule has 100 valence electrons. The summed E-state index contributed by atoms with van der Waals surface area (Å²) in [5.41, 5.74) is 3.00. The fourth-order valence-electron chi connectivity index (χ4n) is 1.84. The highest BCUT2D eigenvalue weighted by molar-refractivity contribution is 7.12. The van der Waals surface area contributed by atoms with Gasteiger partial charge in [-0.25, -0.2) is 0 Å². The first kappa shape index (κ1) is 13.8. The molecule has 1 aromatic carbocycles. The largest absolute Gasteiger partial charge is 0.321 e. The number of nitrogens with one attached hydrogen (secondary N) is 2. The van der Waals surface area contributed by atoms with E-state index in [2.05, 4.69) is 17.6 Å². The first-order valence-corrected chi connectivity index (χ1v) is 7.24. The normalized spacial score (nSPS) is 10.4. The van der Waals surface area contributed by atoms with Gasteiger partial charge in [-0.3, -0.25) is 4.79 Å². The zero-order chi connectivity index (χ0) is 13.7. The highest BCUT2D eigenvalue weighted by Gasteiger charge is 2.12. The molecular weight excluding hydrogens is 256 g/mol. The molecular formula is C15H18N2OS. The number of carbonyl (C=O) groups is 1. The lowest BCUT2D eigenvalue weighted by molar-refractivity contribution is 0.103. The highest BCUT2D eigenvalue weighted by atomic mass is 32.1. The van der Waals surface area contributed by atoms with Gasteiger partial charge in [-0.15, -0.1) is 11.3 Å². The van der Waals surface area contributed by atoms with Crippen molar-refractivity contribution in [1.82, 2.24) is 5.32 Å². The summed E-state index contributed by atoms with van der Waals surface area (Å²) in [6.07, 6.45) is 0. The average Bonchev–Trinajstić information content (AvgIpc) is 2.84. The quantitative estimate of drug-likeness (QED) is 0.877. The molecule has 0 radical (unpaired) electrons. The second-order valence-electron chi connectivity index (χ2n) is 4.32. The molecule has 0 unspecified atom stereocenters. The number of aryl methyl sites for hydroxylation is 1. The molecule has 2 N–H and O–H groups in total. The molecule has 0 saturated carbocycles. The summed E-state index contributed by atoms with van der Waals surface area (Å²) in [6, 6.07) is 9.85. The number of hydrogen-bond acceptors (Lipinski definition) is 3. The molecule has 4 heteroatoms. The van der Waals surface area contributed by atoms with Gasteiger partial charge in [0.15, 0.2) is 0 Å². The molecule has 0 atom stereocenters. The van der Waals surface area contributed by atoms with E-state index in [0.717, 1.165) is 34.8 Å². The van der Waals surface area contributed by atoms with Crippen molar-refractivity contribution in [3.05, 3.63) is 51.7 Å². The molecule has 2 rings (SSSR count). The number of amides is 1. The maximum Gasteiger partial charge on any atom is 0.266 e. The van der Waals surface area contributed by atoms with Crippen LogP contribution in [0, 0.1) is 6.92 Å². The molecule has 0 aliphatic rings. The lowest BCUT2D eigenvalue weighted by atomic mass is 10.1. The molecule has 0 fully saturated rings. The van der Waals surface area contributed by atoms with Crippen LogP contribution in [0.25, 0.3) is 0 Å². The van der Waals surface area contributed by atoms with E-state index in [-0.39, 0.29) is 5.91 Å². The maximum absolute atomic E-state index is 12.2. The van der Waals surface area contributed by atoms with Gasteiger partial charge in [-0.05, 0) is 42.1 Å². The molecule has 19 heavy (non-hydrogen) atoms. The summed E-state index contributed by atoms with van der Waals surface area (Å²) in [6.45, 7) is 5.69. The third-order valence-electron chi connectivity index (χ3n) is 2.90. The summed E-state index contributed by atoms with van der Waals surface area (Å²) in [4.78, 5) is 13.0. The van der Waals surface area contributed by atoms with E-state index in [9.17, 15) is 4.79 Å². The predicted molar refractivity (Wildman–Crippen MR) is 80.8 cm³/mol. The number of thiophene rings is 1. The summed E-state index contributed by atoms with van der Waals surface area (Å²) < 4.78 is 0. The van der Waals surface area contributed by atoms with Gasteiger partial charge in [0.2, 0.25) is 0 Å². The molecule has 0 aliphatic carbocycles. The molecule has 0 bridgehead atoms. The van der Waals surface area contributed by atoms with Crippen LogP contribution in [0.2, 0.25) is 0 Å². The number of rotatable bonds is 5. The standard InChI is InChI=1S/C15H18N2OS/c1-3-16-10-12-6-4-5-7-13(12)17-15(18)14-11(2)8-9-19-14/h4-9,16H,3,10H2,1-2H3,(H,17,18). The van der Waals surface area contributed by atoms with E-state index < -0.39 is 0 Å². The minimum absolute atomic E-state index is 0.0311. The van der Waals surface area contributed by atoms with Gasteiger partial charge in [0.1, 0.15) is 0 Å². The average molecular weight is 274 g/mol. The zero-order valence-corrected chi connectivity index (χ0v) is 12.0. The van der Waals surface area contributed by atoms with Crippen molar-refractivity contribution in [3.63, 3.8) is 0 Å². The Hall–Kier alpha value is -1.65. The van der Waals surface area contributed by atoms with E-state index in [1.807, 2.05) is 42.6 Å². The Morgan fingerprint density at radius 1 is 1.26 bits per heavy atom. The highest BCUT2D eigenvalue weighted by Crippen LogP contribution is 2.20. The van der Waals surface area contributed by atoms with Gasteiger partial charge in [0.05, 0.1) is 4.88 Å². The van der Waals surface area contributed by atoms with Crippen molar-refractivity contribution in [2.24, 2.45) is 0 Å². The van der Waals surface area contributed by atoms with Gasteiger partial charge in [0, 0.05) is 12.2 Å². The monoisotopic (exact) mass is 274 g/mol. The van der Waals surface area contributed by atoms with Gasteiger partial charge >= 0.3 is 0 Å². The fourth-order valence-corrected chi connectivity index (χ4v) is 2.66. The van der Waals surface area contributed by atoms with Crippen molar-refractivity contribution >= 4 is 22.9 Å². The molecule has 2 aromatic rings. The SMILES string of the molecule is CCNCc1ccccc1NC(=O)c1sccc1C. The number of anilines is 1. The Kier molecular flexibility index (Phi) is 4.71. The number of carbonyl (C=O) groups excluding carboxylic acids is 1. The maximum atomic E-state index is 12.2. The van der Waals surface area contributed by atoms with Gasteiger partial charge in [0.25, 0.3) is 5.91 Å². The second kappa shape index (κ2) is 6.50. The molecule has 0 spiro atoms. The van der Waals surface area contributed by atoms with Crippen molar-refractivity contribution in [2.45, 2.75) is 20.4 Å². The van der Waals surface area contributed by atoms with E-state index in [4.69, 9.17) is 0 Å². The van der Waals surface area contributed by atoms with E-state index >= 15 is 0 Å². The molecule has 0 aliphatic heterocycles. The van der Waals surface area contributed by atoms with E-state index in [1.165, 1.54) is 11.3 Å². The smallest absolute Gasteiger partial charge is 0.266 e. The lowest BCUT2D eigenvalue weighted by Gasteiger charge is -2.11. The molecule has 3 nitrogen and oxygen atoms in total. The Balaban J connectivity index is 2.15. The molecule has 1 amide bonds. The van der Waals surface area contributed by atoms with E-state index in [0.29, 0.717) is 0 Å². The van der Waals surface area contributed by atoms with Gasteiger partial charge in [-0.1, -0.05) is 25.1 Å². The lowest BCUT2D eigenvalue weighted by Crippen LogP contribution is -2.16. The third-order valence-corrected chi connectivity index (χ3v) is 3.91. The fraction of sp³-hybridized carbons (Fsp3) is 0.267. The van der Waals surface area contributed by atoms with Crippen molar-refractivity contribution < 1.29 is 4.79 Å². The Labute approximate surface area is 117 Å². The minimum Gasteiger partial charge on any atom is -0.321 e. The van der Waals surface area contributed by atoms with Crippen LogP contribution in [0.4, 0.5) is 5.69 Å². The van der Waals surface area contributed by atoms with Crippen LogP contribution in [0.15, 0.2) is 35.7 Å². The van der Waals surface area contributed by atoms with Crippen LogP contribution in [-0.4, -0.2) is 12.5 Å². The number of para-hydroxylation sites is 1. The predicted octanol–water partition coefficient (Wildman–Crippen LogP) is 3.42. The van der Waals surface area contributed by atoms with Crippen LogP contribution in [0.5, 0.6) is 0 Å². The summed E-state index contributed by atoms with van der Waals surface area (Å²) in [5.74, 6) is -0.0311. The summed E-state index contributed by atoms with van der Waals surface area (Å²) in [5, 5.41) is 8.21. The first-order chi connectivity index (χ1) is 9.22. The summed E-state index contributed by atoms with van der Waals surface area (Å²) >= 11 is 1.47. The van der Waals surface area contributed by atoms with Crippen molar-refractivity contribution in [3.8, 4) is 0 Å². The zero-order valence-electron chi connectivity index (χ0n) is 11.2. The topological polar surface area (TPSA) is 41.1 Å². The summed E-state index contributed by atoms with van der Waals surface area (Å²) in [7, 11) is 0. The van der Waals surface area contributed by atoms with Crippen LogP contribution < -0.4 is 10.6 Å². The van der Waals surface area contributed by atoms with Crippen molar-refractivity contribution in [2.75, 3.05) is 11.9 Å². The Morgan fingerprint density at radius 2 is 2.05 bits per heavy atom. The van der Waals surface area contributed by atoms with Crippen LogP contribution >= 0.6 is 11.3 Å². The Bertz CT molecular complexity index is 563. The second-order valence-corrected chi connectivity index (χ2v) is 5.24. The van der Waals surface area contributed by atoms with Crippen LogP contribution in [0.3, 0.4) is 0 Å². The van der Waals surface area contributed by atoms with Gasteiger partial charge in [-0.2, -0.15) is 0 Å². The van der Waals surface area contributed by atoms with Crippen molar-refractivity contribution in [1.29, 1.82) is 0 Å². The minimum atomic E-state index is -0.0311. The first-order valence-electron chi connectivity index (χ1n) is 6.36.